The molecule has 18 heavy (non-hydrogen) atoms. The summed E-state index contributed by atoms with van der Waals surface area (Å²) in [5.74, 6) is -2.15. The Morgan fingerprint density at radius 2 is 2.11 bits per heavy atom. The second-order valence-electron chi connectivity index (χ2n) is 4.53. The number of primary amides is 1. The lowest BCUT2D eigenvalue weighted by Crippen LogP contribution is -2.54. The van der Waals surface area contributed by atoms with E-state index in [4.69, 9.17) is 10.8 Å². The lowest BCUT2D eigenvalue weighted by molar-refractivity contribution is -0.140. The highest BCUT2D eigenvalue weighted by Gasteiger charge is 2.30. The molecule has 1 fully saturated rings. The van der Waals surface area contributed by atoms with Crippen LogP contribution in [0.4, 0.5) is 4.79 Å². The number of nitrogens with zero attached hydrogens (tertiary/aromatic N) is 1. The smallest absolute Gasteiger partial charge is 0.318 e. The van der Waals surface area contributed by atoms with Gasteiger partial charge in [-0.1, -0.05) is 6.92 Å². The van der Waals surface area contributed by atoms with Crippen molar-refractivity contribution in [3.8, 4) is 0 Å². The number of nitrogens with two attached hydrogens (primary N) is 1. The highest BCUT2D eigenvalue weighted by Crippen LogP contribution is 2.16. The quantitative estimate of drug-likeness (QED) is 0.644. The van der Waals surface area contributed by atoms with Gasteiger partial charge in [-0.25, -0.2) is 4.79 Å². The van der Waals surface area contributed by atoms with Crippen molar-refractivity contribution >= 4 is 17.9 Å². The number of amides is 3. The Kier molecular flexibility index (Phi) is 4.94. The molecule has 0 aromatic carbocycles. The summed E-state index contributed by atoms with van der Waals surface area (Å²) < 4.78 is 0. The average molecular weight is 257 g/mol. The lowest BCUT2D eigenvalue weighted by atomic mass is 10.0. The van der Waals surface area contributed by atoms with E-state index in [9.17, 15) is 14.4 Å². The number of piperidine rings is 1. The van der Waals surface area contributed by atoms with Crippen LogP contribution in [0.2, 0.25) is 0 Å². The van der Waals surface area contributed by atoms with Gasteiger partial charge in [0.1, 0.15) is 6.04 Å². The molecule has 3 amide bonds. The molecule has 1 saturated heterocycles. The maximum absolute atomic E-state index is 11.9. The second kappa shape index (κ2) is 6.23. The number of rotatable bonds is 4. The van der Waals surface area contributed by atoms with E-state index in [1.165, 1.54) is 11.8 Å². The minimum atomic E-state index is -0.972. The molecule has 0 bridgehead atoms. The molecule has 7 nitrogen and oxygen atoms in total. The monoisotopic (exact) mass is 257 g/mol. The Morgan fingerprint density at radius 3 is 2.67 bits per heavy atom. The summed E-state index contributed by atoms with van der Waals surface area (Å²) in [6.45, 7) is 2.02. The van der Waals surface area contributed by atoms with Crippen LogP contribution >= 0.6 is 0 Å². The van der Waals surface area contributed by atoms with Crippen LogP contribution in [0, 0.1) is 5.92 Å². The summed E-state index contributed by atoms with van der Waals surface area (Å²) >= 11 is 0. The third-order valence-corrected chi connectivity index (χ3v) is 3.07. The van der Waals surface area contributed by atoms with Crippen LogP contribution in [0.15, 0.2) is 0 Å². The fourth-order valence-corrected chi connectivity index (χ4v) is 1.90. The predicted molar refractivity (Wildman–Crippen MR) is 63.7 cm³/mol. The molecule has 1 aliphatic heterocycles. The Balaban J connectivity index is 2.53. The zero-order chi connectivity index (χ0) is 13.7. The van der Waals surface area contributed by atoms with Gasteiger partial charge in [0.25, 0.3) is 0 Å². The Morgan fingerprint density at radius 1 is 1.44 bits per heavy atom. The molecule has 7 heteroatoms. The van der Waals surface area contributed by atoms with Crippen LogP contribution in [-0.4, -0.2) is 47.0 Å². The SMILES string of the molecule is CC(CNC(=O)N1CCCCC1C(N)=O)C(=O)O. The molecule has 0 spiro atoms. The van der Waals surface area contributed by atoms with Crippen LogP contribution in [0.5, 0.6) is 0 Å². The molecule has 2 atom stereocenters. The van der Waals surface area contributed by atoms with E-state index >= 15 is 0 Å². The molecular formula is C11H19N3O4. The third-order valence-electron chi connectivity index (χ3n) is 3.07. The highest BCUT2D eigenvalue weighted by atomic mass is 16.4. The van der Waals surface area contributed by atoms with Crippen molar-refractivity contribution in [2.75, 3.05) is 13.1 Å². The molecule has 1 aliphatic rings. The summed E-state index contributed by atoms with van der Waals surface area (Å²) in [4.78, 5) is 35.1. The number of hydrogen-bond donors (Lipinski definition) is 3. The first-order valence-corrected chi connectivity index (χ1v) is 6.00. The fourth-order valence-electron chi connectivity index (χ4n) is 1.90. The van der Waals surface area contributed by atoms with Gasteiger partial charge < -0.3 is 21.1 Å². The number of carbonyl (C=O) groups is 3. The first-order valence-electron chi connectivity index (χ1n) is 6.00. The van der Waals surface area contributed by atoms with Crippen molar-refractivity contribution in [2.24, 2.45) is 11.7 Å². The van der Waals surface area contributed by atoms with Crippen LogP contribution in [-0.2, 0) is 9.59 Å². The Bertz CT molecular complexity index is 345. The molecular weight excluding hydrogens is 238 g/mol. The number of carbonyl (C=O) groups excluding carboxylic acids is 2. The maximum Gasteiger partial charge on any atom is 0.318 e. The number of likely N-dealkylation sites (tertiary alicyclic amines) is 1. The van der Waals surface area contributed by atoms with E-state index in [0.29, 0.717) is 13.0 Å². The van der Waals surface area contributed by atoms with Gasteiger partial charge >= 0.3 is 12.0 Å². The topological polar surface area (TPSA) is 113 Å². The van der Waals surface area contributed by atoms with Crippen molar-refractivity contribution in [1.82, 2.24) is 10.2 Å². The first-order chi connectivity index (χ1) is 8.43. The molecule has 2 unspecified atom stereocenters. The van der Waals surface area contributed by atoms with Gasteiger partial charge in [-0.2, -0.15) is 0 Å². The van der Waals surface area contributed by atoms with Crippen molar-refractivity contribution in [2.45, 2.75) is 32.2 Å². The van der Waals surface area contributed by atoms with Gasteiger partial charge in [-0.15, -0.1) is 0 Å². The average Bonchev–Trinajstić information content (AvgIpc) is 2.35. The van der Waals surface area contributed by atoms with Crippen molar-refractivity contribution in [3.63, 3.8) is 0 Å². The molecule has 0 saturated carbocycles. The minimum absolute atomic E-state index is 0.0378. The number of nitrogens with one attached hydrogen (secondary N) is 1. The van der Waals surface area contributed by atoms with E-state index in [1.54, 1.807) is 0 Å². The van der Waals surface area contributed by atoms with Crippen LogP contribution < -0.4 is 11.1 Å². The number of urea groups is 1. The Labute approximate surface area is 105 Å². The standard InChI is InChI=1S/C11H19N3O4/c1-7(10(16)17)6-13-11(18)14-5-3-2-4-8(14)9(12)15/h7-8H,2-6H2,1H3,(H2,12,15)(H,13,18)(H,16,17). The molecule has 4 N–H and O–H groups in total. The second-order valence-corrected chi connectivity index (χ2v) is 4.53. The summed E-state index contributed by atoms with van der Waals surface area (Å²) in [6, 6.07) is -1.01. The normalized spacial score (nSPS) is 21.2. The van der Waals surface area contributed by atoms with Crippen LogP contribution in [0.3, 0.4) is 0 Å². The fraction of sp³-hybridized carbons (Fsp3) is 0.727. The van der Waals surface area contributed by atoms with Gasteiger partial charge in [-0.05, 0) is 19.3 Å². The number of carboxylic acids is 1. The lowest BCUT2D eigenvalue weighted by Gasteiger charge is -2.33. The van der Waals surface area contributed by atoms with Gasteiger partial charge in [0, 0.05) is 13.1 Å². The largest absolute Gasteiger partial charge is 0.481 e. The van der Waals surface area contributed by atoms with Crippen LogP contribution in [0.25, 0.3) is 0 Å². The van der Waals surface area contributed by atoms with E-state index in [1.807, 2.05) is 0 Å². The number of carboxylic acid groups (broad SMARTS) is 1. The Hall–Kier alpha value is -1.79. The van der Waals surface area contributed by atoms with E-state index in [2.05, 4.69) is 5.32 Å². The summed E-state index contributed by atoms with van der Waals surface area (Å²) in [5, 5.41) is 11.2. The predicted octanol–water partition coefficient (Wildman–Crippen LogP) is -0.243. The number of aliphatic carboxylic acids is 1. The van der Waals surface area contributed by atoms with Crippen molar-refractivity contribution in [3.05, 3.63) is 0 Å². The molecule has 1 rings (SSSR count). The van der Waals surface area contributed by atoms with Gasteiger partial charge in [0.2, 0.25) is 5.91 Å². The maximum atomic E-state index is 11.9. The summed E-state index contributed by atoms with van der Waals surface area (Å²) in [5.41, 5.74) is 5.24. The zero-order valence-corrected chi connectivity index (χ0v) is 10.4. The molecule has 0 radical (unpaired) electrons. The molecule has 0 aromatic rings. The molecule has 0 aromatic heterocycles. The molecule has 102 valence electrons. The summed E-state index contributed by atoms with van der Waals surface area (Å²) in [6.07, 6.45) is 2.26. The van der Waals surface area contributed by atoms with E-state index in [0.717, 1.165) is 12.8 Å². The van der Waals surface area contributed by atoms with E-state index in [-0.39, 0.29) is 6.54 Å². The number of hydrogen-bond acceptors (Lipinski definition) is 3. The van der Waals surface area contributed by atoms with Gasteiger partial charge in [0.05, 0.1) is 5.92 Å². The molecule has 0 aliphatic carbocycles. The third kappa shape index (κ3) is 3.61. The zero-order valence-electron chi connectivity index (χ0n) is 10.4. The van der Waals surface area contributed by atoms with Crippen molar-refractivity contribution < 1.29 is 19.5 Å². The minimum Gasteiger partial charge on any atom is -0.481 e. The van der Waals surface area contributed by atoms with Crippen LogP contribution in [0.1, 0.15) is 26.2 Å². The van der Waals surface area contributed by atoms with Crippen molar-refractivity contribution in [1.29, 1.82) is 0 Å². The van der Waals surface area contributed by atoms with Gasteiger partial charge in [0.15, 0.2) is 0 Å². The highest BCUT2D eigenvalue weighted by molar-refractivity contribution is 5.86. The molecule has 1 heterocycles. The summed E-state index contributed by atoms with van der Waals surface area (Å²) in [7, 11) is 0. The van der Waals surface area contributed by atoms with Gasteiger partial charge in [-0.3, -0.25) is 9.59 Å². The van der Waals surface area contributed by atoms with E-state index < -0.39 is 29.9 Å². The first kappa shape index (κ1) is 14.3.